The second-order valence-corrected chi connectivity index (χ2v) is 22.3. The lowest BCUT2D eigenvalue weighted by Crippen LogP contribution is -2.53. The van der Waals surface area contributed by atoms with Gasteiger partial charge < -0.3 is 39.9 Å². The van der Waals surface area contributed by atoms with Crippen LogP contribution in [0.5, 0.6) is 0 Å². The Hall–Kier alpha value is -4.10. The standard InChI is InChI=1S/C41H64N4O8Si/c1-39(2,3)52-36(47)42-24-17-16-22-34(45-38(49)50-27-33-31-20-14-12-18-29(31)30-19-13-15-21-32(30)33)35(46)44-28(26-51-54(10,11)41(7,8)9)23-25-43-37(48)53-40(4,5)6/h12-15,18-21,28,33-34H,16-17,22-27H2,1-11H3,(H,42,47)(H,43,48)(H,44,46)(H,45,49)/t28-,34+/m1/s1. The largest absolute Gasteiger partial charge is 0.449 e. The van der Waals surface area contributed by atoms with E-state index in [1.165, 1.54) is 0 Å². The molecule has 0 heterocycles. The molecule has 54 heavy (non-hydrogen) atoms. The minimum Gasteiger partial charge on any atom is -0.449 e. The molecule has 4 amide bonds. The predicted octanol–water partition coefficient (Wildman–Crippen LogP) is 8.01. The van der Waals surface area contributed by atoms with Crippen molar-refractivity contribution in [2.24, 2.45) is 0 Å². The van der Waals surface area contributed by atoms with Crippen molar-refractivity contribution < 1.29 is 37.8 Å². The van der Waals surface area contributed by atoms with Crippen LogP contribution in [0.25, 0.3) is 11.1 Å². The van der Waals surface area contributed by atoms with E-state index in [2.05, 4.69) is 67.3 Å². The molecule has 2 atom stereocenters. The molecule has 4 N–H and O–H groups in total. The number of benzene rings is 2. The maximum Gasteiger partial charge on any atom is 0.407 e. The van der Waals surface area contributed by atoms with Crippen LogP contribution in [-0.4, -0.2) is 82.1 Å². The van der Waals surface area contributed by atoms with Gasteiger partial charge in [-0.15, -0.1) is 0 Å². The summed E-state index contributed by atoms with van der Waals surface area (Å²) in [4.78, 5) is 51.9. The molecule has 0 aliphatic heterocycles. The number of hydrogen-bond acceptors (Lipinski definition) is 8. The molecular weight excluding hydrogens is 705 g/mol. The van der Waals surface area contributed by atoms with Gasteiger partial charge in [-0.1, -0.05) is 69.3 Å². The first-order chi connectivity index (χ1) is 25.1. The molecule has 2 aromatic rings. The molecule has 300 valence electrons. The third-order valence-corrected chi connectivity index (χ3v) is 14.0. The van der Waals surface area contributed by atoms with Crippen molar-refractivity contribution in [3.05, 3.63) is 59.7 Å². The zero-order valence-electron chi connectivity index (χ0n) is 34.3. The zero-order valence-corrected chi connectivity index (χ0v) is 35.3. The summed E-state index contributed by atoms with van der Waals surface area (Å²) in [6.45, 7) is 22.4. The van der Waals surface area contributed by atoms with Crippen LogP contribution in [0.3, 0.4) is 0 Å². The summed E-state index contributed by atoms with van der Waals surface area (Å²) in [5.41, 5.74) is 3.14. The molecule has 0 spiro atoms. The third kappa shape index (κ3) is 14.3. The highest BCUT2D eigenvalue weighted by Crippen LogP contribution is 2.44. The highest BCUT2D eigenvalue weighted by Gasteiger charge is 2.38. The number of unbranched alkanes of at least 4 members (excludes halogenated alkanes) is 1. The molecule has 0 saturated carbocycles. The van der Waals surface area contributed by atoms with Gasteiger partial charge in [0.15, 0.2) is 8.32 Å². The van der Waals surface area contributed by atoms with E-state index < -0.39 is 55.8 Å². The monoisotopic (exact) mass is 768 g/mol. The Balaban J connectivity index is 1.72. The number of amides is 4. The van der Waals surface area contributed by atoms with E-state index in [1.54, 1.807) is 41.5 Å². The fraction of sp³-hybridized carbons (Fsp3) is 0.610. The second-order valence-electron chi connectivity index (χ2n) is 17.4. The molecule has 2 aromatic carbocycles. The topological polar surface area (TPSA) is 153 Å². The van der Waals surface area contributed by atoms with Crippen molar-refractivity contribution in [2.45, 2.75) is 135 Å². The molecule has 0 saturated heterocycles. The van der Waals surface area contributed by atoms with Crippen LogP contribution in [0.4, 0.5) is 14.4 Å². The van der Waals surface area contributed by atoms with Gasteiger partial charge in [0.2, 0.25) is 5.91 Å². The Labute approximate surface area is 323 Å². The van der Waals surface area contributed by atoms with Crippen LogP contribution in [-0.2, 0) is 23.4 Å². The Bertz CT molecular complexity index is 1530. The molecule has 12 nitrogen and oxygen atoms in total. The van der Waals surface area contributed by atoms with Crippen LogP contribution < -0.4 is 21.3 Å². The van der Waals surface area contributed by atoms with Gasteiger partial charge >= 0.3 is 18.3 Å². The first-order valence-electron chi connectivity index (χ1n) is 19.1. The van der Waals surface area contributed by atoms with E-state index in [-0.39, 0.29) is 37.1 Å². The smallest absolute Gasteiger partial charge is 0.407 e. The van der Waals surface area contributed by atoms with Crippen molar-refractivity contribution in [1.82, 2.24) is 21.3 Å². The van der Waals surface area contributed by atoms with Gasteiger partial charge in [0.05, 0.1) is 12.6 Å². The molecule has 0 aromatic heterocycles. The summed E-state index contributed by atoms with van der Waals surface area (Å²) in [5.74, 6) is -0.534. The number of fused-ring (bicyclic) bond motifs is 3. The van der Waals surface area contributed by atoms with Crippen molar-refractivity contribution in [1.29, 1.82) is 0 Å². The fourth-order valence-electron chi connectivity index (χ4n) is 5.72. The molecular formula is C41H64N4O8Si. The second kappa shape index (κ2) is 19.0. The SMILES string of the molecule is CC(C)(C)OC(=O)NCCCC[C@H](NC(=O)OCC1c2ccccc2-c2ccccc21)C(=O)N[C@H](CCNC(=O)OC(C)(C)C)CO[Si](C)(C)C(C)(C)C. The number of rotatable bonds is 16. The number of alkyl carbamates (subject to hydrolysis) is 3. The molecule has 13 heteroatoms. The van der Waals surface area contributed by atoms with Crippen molar-refractivity contribution >= 4 is 32.5 Å². The average Bonchev–Trinajstić information content (AvgIpc) is 3.36. The van der Waals surface area contributed by atoms with Crippen LogP contribution in [0.1, 0.15) is 105 Å². The average molecular weight is 769 g/mol. The molecule has 0 fully saturated rings. The van der Waals surface area contributed by atoms with E-state index in [0.717, 1.165) is 22.3 Å². The maximum atomic E-state index is 14.0. The molecule has 0 bridgehead atoms. The highest BCUT2D eigenvalue weighted by atomic mass is 28.4. The van der Waals surface area contributed by atoms with Crippen molar-refractivity contribution in [3.8, 4) is 11.1 Å². The van der Waals surface area contributed by atoms with Crippen molar-refractivity contribution in [3.63, 3.8) is 0 Å². The quantitative estimate of drug-likeness (QED) is 0.0762. The number of hydrogen-bond donors (Lipinski definition) is 4. The number of nitrogens with one attached hydrogen (secondary N) is 4. The summed E-state index contributed by atoms with van der Waals surface area (Å²) in [6, 6.07) is 14.8. The lowest BCUT2D eigenvalue weighted by atomic mass is 9.98. The lowest BCUT2D eigenvalue weighted by Gasteiger charge is -2.37. The number of carbonyl (C=O) groups excluding carboxylic acids is 4. The van der Waals surface area contributed by atoms with E-state index in [0.29, 0.717) is 25.8 Å². The predicted molar refractivity (Wildman–Crippen MR) is 214 cm³/mol. The summed E-state index contributed by atoms with van der Waals surface area (Å²) < 4.78 is 23.0. The Morgan fingerprint density at radius 1 is 0.685 bits per heavy atom. The third-order valence-electron chi connectivity index (χ3n) is 9.50. The Kier molecular flexibility index (Phi) is 15.6. The van der Waals surface area contributed by atoms with E-state index >= 15 is 0 Å². The number of ether oxygens (including phenoxy) is 3. The summed E-state index contributed by atoms with van der Waals surface area (Å²) >= 11 is 0. The summed E-state index contributed by atoms with van der Waals surface area (Å²) in [6.07, 6.45) is -0.0409. The van der Waals surface area contributed by atoms with Crippen LogP contribution in [0, 0.1) is 0 Å². The van der Waals surface area contributed by atoms with E-state index in [4.69, 9.17) is 18.6 Å². The van der Waals surface area contributed by atoms with Gasteiger partial charge in [-0.2, -0.15) is 0 Å². The van der Waals surface area contributed by atoms with Gasteiger partial charge in [0, 0.05) is 19.0 Å². The molecule has 3 rings (SSSR count). The molecule has 0 radical (unpaired) electrons. The Morgan fingerprint density at radius 2 is 1.20 bits per heavy atom. The highest BCUT2D eigenvalue weighted by molar-refractivity contribution is 6.74. The van der Waals surface area contributed by atoms with Gasteiger partial charge in [0.1, 0.15) is 23.9 Å². The van der Waals surface area contributed by atoms with Crippen LogP contribution >= 0.6 is 0 Å². The van der Waals surface area contributed by atoms with Crippen LogP contribution in [0.2, 0.25) is 18.1 Å². The molecule has 1 aliphatic carbocycles. The normalized spacial score (nSPS) is 14.2. The fourth-order valence-corrected chi connectivity index (χ4v) is 6.77. The Morgan fingerprint density at radius 3 is 1.72 bits per heavy atom. The van der Waals surface area contributed by atoms with Gasteiger partial charge in [-0.3, -0.25) is 4.79 Å². The van der Waals surface area contributed by atoms with E-state index in [1.807, 2.05) is 36.4 Å². The molecule has 0 unspecified atom stereocenters. The minimum absolute atomic E-state index is 0.0577. The lowest BCUT2D eigenvalue weighted by molar-refractivity contribution is -0.124. The minimum atomic E-state index is -2.19. The van der Waals surface area contributed by atoms with Gasteiger partial charge in [0.25, 0.3) is 0 Å². The maximum absolute atomic E-state index is 14.0. The number of carbonyl (C=O) groups is 4. The molecule has 1 aliphatic rings. The first-order valence-corrected chi connectivity index (χ1v) is 22.0. The zero-order chi connectivity index (χ0) is 40.3. The van der Waals surface area contributed by atoms with Crippen molar-refractivity contribution in [2.75, 3.05) is 26.3 Å². The van der Waals surface area contributed by atoms with Gasteiger partial charge in [-0.25, -0.2) is 14.4 Å². The first kappa shape index (κ1) is 44.3. The summed E-state index contributed by atoms with van der Waals surface area (Å²) in [5, 5.41) is 11.4. The van der Waals surface area contributed by atoms with Gasteiger partial charge in [-0.05, 0) is 108 Å². The summed E-state index contributed by atoms with van der Waals surface area (Å²) in [7, 11) is -2.19. The van der Waals surface area contributed by atoms with E-state index in [9.17, 15) is 19.2 Å². The van der Waals surface area contributed by atoms with Crippen LogP contribution in [0.15, 0.2) is 48.5 Å².